The maximum Gasteiger partial charge on any atom is 0.471 e. The highest BCUT2D eigenvalue weighted by Crippen LogP contribution is 2.22. The molecule has 1 atom stereocenters. The zero-order chi connectivity index (χ0) is 12.4. The van der Waals surface area contributed by atoms with Crippen molar-refractivity contribution in [2.75, 3.05) is 0 Å². The lowest BCUT2D eigenvalue weighted by atomic mass is 9.87. The summed E-state index contributed by atoms with van der Waals surface area (Å²) in [5, 5.41) is 10.1. The van der Waals surface area contributed by atoms with Gasteiger partial charge in [0.15, 0.2) is 0 Å². The van der Waals surface area contributed by atoms with E-state index >= 15 is 0 Å². The van der Waals surface area contributed by atoms with Gasteiger partial charge in [-0.25, -0.2) is 4.79 Å². The van der Waals surface area contributed by atoms with Gasteiger partial charge in [0.05, 0.1) is 0 Å². The molecule has 0 aromatic heterocycles. The van der Waals surface area contributed by atoms with Gasteiger partial charge >= 0.3 is 18.1 Å². The van der Waals surface area contributed by atoms with E-state index in [0.717, 1.165) is 0 Å². The van der Waals surface area contributed by atoms with E-state index in [2.05, 4.69) is 0 Å². The van der Waals surface area contributed by atoms with E-state index in [1.807, 2.05) is 0 Å². The topological polar surface area (TPSA) is 66.4 Å². The van der Waals surface area contributed by atoms with Crippen molar-refractivity contribution >= 4 is 11.9 Å². The lowest BCUT2D eigenvalue weighted by Gasteiger charge is -2.27. The first-order valence-electron chi connectivity index (χ1n) is 4.06. The number of rotatable bonds is 2. The Morgan fingerprint density at radius 1 is 1.20 bits per heavy atom. The molecule has 0 spiro atoms. The number of carbonyl (C=O) groups excluding carboxylic acids is 1. The monoisotopic (exact) mass is 227 g/mol. The Balaban J connectivity index is 4.74. The van der Waals surface area contributed by atoms with Crippen LogP contribution in [0.25, 0.3) is 0 Å². The third kappa shape index (κ3) is 4.18. The maximum atomic E-state index is 11.9. The van der Waals surface area contributed by atoms with Crippen LogP contribution in [0.3, 0.4) is 0 Å². The van der Waals surface area contributed by atoms with Crippen LogP contribution in [-0.4, -0.2) is 29.2 Å². The van der Waals surface area contributed by atoms with Crippen LogP contribution in [0.4, 0.5) is 13.2 Å². The number of aliphatic carboxylic acids is 1. The molecule has 0 rings (SSSR count). The molecule has 0 aromatic rings. The molecule has 88 valence electrons. The molecule has 0 aliphatic heterocycles. The Morgan fingerprint density at radius 3 is 1.80 bits per heavy atom. The van der Waals surface area contributed by atoms with E-state index in [1.165, 1.54) is 26.1 Å². The van der Waals surface area contributed by atoms with Crippen molar-refractivity contribution in [3.63, 3.8) is 0 Å². The molecule has 7 heteroatoms. The number of hydrogen-bond acceptors (Lipinski definition) is 2. The zero-order valence-corrected chi connectivity index (χ0v) is 8.47. The second-order valence-corrected chi connectivity index (χ2v) is 4.11. The molecule has 4 nitrogen and oxygen atoms in total. The van der Waals surface area contributed by atoms with Crippen LogP contribution in [0.2, 0.25) is 0 Å². The summed E-state index contributed by atoms with van der Waals surface area (Å²) < 4.78 is 35.6. The van der Waals surface area contributed by atoms with E-state index in [0.29, 0.717) is 0 Å². The summed E-state index contributed by atoms with van der Waals surface area (Å²) in [6.45, 7) is 4.26. The van der Waals surface area contributed by atoms with Crippen molar-refractivity contribution in [1.82, 2.24) is 5.32 Å². The first-order valence-corrected chi connectivity index (χ1v) is 4.06. The molecular weight excluding hydrogens is 215 g/mol. The van der Waals surface area contributed by atoms with Gasteiger partial charge in [0.2, 0.25) is 0 Å². The number of carboxylic acid groups (broad SMARTS) is 1. The van der Waals surface area contributed by atoms with Crippen molar-refractivity contribution in [2.24, 2.45) is 5.41 Å². The predicted octanol–water partition coefficient (Wildman–Crippen LogP) is 1.16. The summed E-state index contributed by atoms with van der Waals surface area (Å²) >= 11 is 0. The minimum absolute atomic E-state index is 0.993. The average molecular weight is 227 g/mol. The summed E-state index contributed by atoms with van der Waals surface area (Å²) in [6.07, 6.45) is -5.07. The molecule has 0 aromatic carbocycles. The highest BCUT2D eigenvalue weighted by Gasteiger charge is 2.43. The van der Waals surface area contributed by atoms with Gasteiger partial charge in [-0.1, -0.05) is 20.8 Å². The maximum absolute atomic E-state index is 11.9. The summed E-state index contributed by atoms with van der Waals surface area (Å²) in [4.78, 5) is 21.2. The molecule has 0 aliphatic rings. The van der Waals surface area contributed by atoms with Gasteiger partial charge in [0.1, 0.15) is 6.04 Å². The van der Waals surface area contributed by atoms with E-state index < -0.39 is 29.5 Å². The SMILES string of the molecule is CC(C)(C)[C@@H](NC(=O)C(F)(F)F)C(=O)O. The third-order valence-corrected chi connectivity index (χ3v) is 1.65. The van der Waals surface area contributed by atoms with Gasteiger partial charge in [-0.05, 0) is 5.41 Å². The molecule has 0 saturated heterocycles. The predicted molar refractivity (Wildman–Crippen MR) is 45.1 cm³/mol. The van der Waals surface area contributed by atoms with Crippen LogP contribution in [0.1, 0.15) is 20.8 Å². The molecule has 0 fully saturated rings. The van der Waals surface area contributed by atoms with Crippen molar-refractivity contribution in [1.29, 1.82) is 0 Å². The second kappa shape index (κ2) is 4.08. The van der Waals surface area contributed by atoms with E-state index in [-0.39, 0.29) is 0 Å². The Morgan fingerprint density at radius 2 is 1.60 bits per heavy atom. The fraction of sp³-hybridized carbons (Fsp3) is 0.750. The van der Waals surface area contributed by atoms with Gasteiger partial charge in [-0.2, -0.15) is 13.2 Å². The number of carboxylic acids is 1. The van der Waals surface area contributed by atoms with Gasteiger partial charge in [-0.3, -0.25) is 4.79 Å². The van der Waals surface area contributed by atoms with Crippen molar-refractivity contribution in [3.05, 3.63) is 0 Å². The Kier molecular flexibility index (Phi) is 3.73. The molecular formula is C8H12F3NO3. The molecule has 15 heavy (non-hydrogen) atoms. The van der Waals surface area contributed by atoms with E-state index in [9.17, 15) is 22.8 Å². The standard InChI is InChI=1S/C8H12F3NO3/c1-7(2,3)4(5(13)14)12-6(15)8(9,10)11/h4H,1-3H3,(H,12,15)(H,13,14)/t4-/m0/s1. The lowest BCUT2D eigenvalue weighted by molar-refractivity contribution is -0.176. The molecule has 0 radical (unpaired) electrons. The van der Waals surface area contributed by atoms with Gasteiger partial charge in [0.25, 0.3) is 0 Å². The average Bonchev–Trinajstić information content (AvgIpc) is 1.94. The van der Waals surface area contributed by atoms with Gasteiger partial charge in [-0.15, -0.1) is 0 Å². The third-order valence-electron chi connectivity index (χ3n) is 1.65. The first kappa shape index (κ1) is 13.7. The molecule has 0 unspecified atom stereocenters. The van der Waals surface area contributed by atoms with Crippen LogP contribution < -0.4 is 5.32 Å². The van der Waals surface area contributed by atoms with E-state index in [1.54, 1.807) is 0 Å². The quantitative estimate of drug-likeness (QED) is 0.744. The largest absolute Gasteiger partial charge is 0.480 e. The molecule has 0 bridgehead atoms. The van der Waals surface area contributed by atoms with E-state index in [4.69, 9.17) is 5.11 Å². The summed E-state index contributed by atoms with van der Waals surface area (Å²) in [6, 6.07) is -1.58. The van der Waals surface area contributed by atoms with Crippen LogP contribution in [0.15, 0.2) is 0 Å². The molecule has 0 heterocycles. The second-order valence-electron chi connectivity index (χ2n) is 4.11. The van der Waals surface area contributed by atoms with Crippen LogP contribution in [0, 0.1) is 5.41 Å². The van der Waals surface area contributed by atoms with Crippen LogP contribution in [-0.2, 0) is 9.59 Å². The molecule has 1 amide bonds. The number of carbonyl (C=O) groups is 2. The Labute approximate surface area is 84.5 Å². The summed E-state index contributed by atoms with van der Waals surface area (Å²) in [5.74, 6) is -3.75. The molecule has 2 N–H and O–H groups in total. The van der Waals surface area contributed by atoms with Gasteiger partial charge < -0.3 is 10.4 Å². The number of alkyl halides is 3. The number of amides is 1. The summed E-state index contributed by atoms with van der Waals surface area (Å²) in [7, 11) is 0. The number of nitrogens with one attached hydrogen (secondary N) is 1. The van der Waals surface area contributed by atoms with Crippen molar-refractivity contribution < 1.29 is 27.9 Å². The smallest absolute Gasteiger partial charge is 0.471 e. The van der Waals surface area contributed by atoms with Crippen molar-refractivity contribution in [3.8, 4) is 0 Å². The Hall–Kier alpha value is -1.27. The number of halogens is 3. The minimum Gasteiger partial charge on any atom is -0.480 e. The highest BCUT2D eigenvalue weighted by atomic mass is 19.4. The zero-order valence-electron chi connectivity index (χ0n) is 8.47. The normalized spacial score (nSPS) is 14.5. The fourth-order valence-corrected chi connectivity index (χ4v) is 0.862. The van der Waals surface area contributed by atoms with Crippen LogP contribution >= 0.6 is 0 Å². The summed E-state index contributed by atoms with van der Waals surface area (Å²) in [5.41, 5.74) is -0.993. The Bertz CT molecular complexity index is 267. The van der Waals surface area contributed by atoms with Crippen molar-refractivity contribution in [2.45, 2.75) is 33.0 Å². The fourth-order valence-electron chi connectivity index (χ4n) is 0.862. The lowest BCUT2D eigenvalue weighted by Crippen LogP contribution is -2.52. The number of hydrogen-bond donors (Lipinski definition) is 2. The minimum atomic E-state index is -5.07. The molecule has 0 aliphatic carbocycles. The van der Waals surface area contributed by atoms with Gasteiger partial charge in [0, 0.05) is 0 Å². The molecule has 0 saturated carbocycles. The highest BCUT2D eigenvalue weighted by molar-refractivity contribution is 5.87. The first-order chi connectivity index (χ1) is 6.46. The van der Waals surface area contributed by atoms with Crippen LogP contribution in [0.5, 0.6) is 0 Å².